The van der Waals surface area contributed by atoms with Crippen LogP contribution in [0.1, 0.15) is 0 Å². The second kappa shape index (κ2) is 2.91. The summed E-state index contributed by atoms with van der Waals surface area (Å²) in [6.45, 7) is 0. The summed E-state index contributed by atoms with van der Waals surface area (Å²) in [6, 6.07) is 3.32. The fourth-order valence-corrected chi connectivity index (χ4v) is 2.04. The van der Waals surface area contributed by atoms with Gasteiger partial charge in [0.25, 0.3) is 0 Å². The number of fused-ring (bicyclic) bond motifs is 1. The van der Waals surface area contributed by atoms with E-state index in [0.29, 0.717) is 10.1 Å². The van der Waals surface area contributed by atoms with Gasteiger partial charge in [-0.25, -0.2) is 4.39 Å². The zero-order valence-corrected chi connectivity index (χ0v) is 7.55. The molecule has 0 saturated carbocycles. The lowest BCUT2D eigenvalue weighted by molar-refractivity contribution is -0.380. The zero-order chi connectivity index (χ0) is 10.3. The predicted octanol–water partition coefficient (Wildman–Crippen LogP) is 2.65. The van der Waals surface area contributed by atoms with Crippen LogP contribution in [0.5, 0.6) is 5.75 Å². The maximum atomic E-state index is 12.8. The number of rotatable bonds is 1. The van der Waals surface area contributed by atoms with Crippen molar-refractivity contribution < 1.29 is 14.4 Å². The second-order valence-electron chi connectivity index (χ2n) is 2.69. The number of hydrogen-bond acceptors (Lipinski definition) is 4. The van der Waals surface area contributed by atoms with Crippen molar-refractivity contribution in [1.82, 2.24) is 0 Å². The van der Waals surface area contributed by atoms with Gasteiger partial charge in [-0.15, -0.1) is 0 Å². The summed E-state index contributed by atoms with van der Waals surface area (Å²) in [4.78, 5) is 9.84. The Morgan fingerprint density at radius 2 is 2.14 bits per heavy atom. The summed E-state index contributed by atoms with van der Waals surface area (Å²) in [5.74, 6) is -0.874. The molecule has 6 heteroatoms. The van der Waals surface area contributed by atoms with Gasteiger partial charge in [0.15, 0.2) is 0 Å². The van der Waals surface area contributed by atoms with E-state index in [4.69, 9.17) is 0 Å². The van der Waals surface area contributed by atoms with Gasteiger partial charge >= 0.3 is 5.00 Å². The molecule has 0 aliphatic rings. The van der Waals surface area contributed by atoms with Gasteiger partial charge in [-0.05, 0) is 6.07 Å². The van der Waals surface area contributed by atoms with Crippen molar-refractivity contribution in [3.8, 4) is 5.75 Å². The van der Waals surface area contributed by atoms with E-state index in [2.05, 4.69) is 0 Å². The van der Waals surface area contributed by atoms with E-state index in [1.807, 2.05) is 0 Å². The smallest absolute Gasteiger partial charge is 0.325 e. The van der Waals surface area contributed by atoms with Crippen molar-refractivity contribution in [1.29, 1.82) is 0 Å². The van der Waals surface area contributed by atoms with Crippen molar-refractivity contribution in [3.63, 3.8) is 0 Å². The first-order valence-corrected chi connectivity index (χ1v) is 4.46. The van der Waals surface area contributed by atoms with E-state index < -0.39 is 10.7 Å². The molecule has 0 amide bonds. The Morgan fingerprint density at radius 1 is 1.43 bits per heavy atom. The molecule has 2 aromatic rings. The molecule has 1 N–H and O–H groups in total. The quantitative estimate of drug-likeness (QED) is 0.585. The molecule has 0 aliphatic heterocycles. The van der Waals surface area contributed by atoms with Crippen LogP contribution >= 0.6 is 11.3 Å². The molecule has 0 radical (unpaired) electrons. The molecule has 4 nitrogen and oxygen atoms in total. The van der Waals surface area contributed by atoms with Crippen molar-refractivity contribution in [2.24, 2.45) is 0 Å². The molecule has 0 saturated heterocycles. The van der Waals surface area contributed by atoms with Crippen molar-refractivity contribution >= 4 is 26.4 Å². The van der Waals surface area contributed by atoms with Crippen molar-refractivity contribution in [2.45, 2.75) is 0 Å². The Kier molecular flexibility index (Phi) is 1.85. The van der Waals surface area contributed by atoms with Gasteiger partial charge in [-0.2, -0.15) is 0 Å². The Hall–Kier alpha value is -1.69. The monoisotopic (exact) mass is 213 g/mol. The van der Waals surface area contributed by atoms with E-state index in [0.717, 1.165) is 23.5 Å². The number of phenols is 1. The molecule has 1 heterocycles. The Morgan fingerprint density at radius 3 is 2.79 bits per heavy atom. The van der Waals surface area contributed by atoms with Gasteiger partial charge in [0.2, 0.25) is 0 Å². The minimum Gasteiger partial charge on any atom is -0.506 e. The Balaban J connectivity index is 2.76. The normalized spacial score (nSPS) is 10.6. The minimum atomic E-state index is -0.609. The molecule has 1 aromatic heterocycles. The van der Waals surface area contributed by atoms with Crippen LogP contribution in [-0.4, -0.2) is 10.0 Å². The van der Waals surface area contributed by atoms with Gasteiger partial charge in [0.1, 0.15) is 11.6 Å². The lowest BCUT2D eigenvalue weighted by Gasteiger charge is -1.92. The van der Waals surface area contributed by atoms with Crippen molar-refractivity contribution in [3.05, 3.63) is 34.1 Å². The number of thiophene rings is 1. The van der Waals surface area contributed by atoms with Crippen LogP contribution in [0, 0.1) is 15.9 Å². The molecular weight excluding hydrogens is 209 g/mol. The highest BCUT2D eigenvalue weighted by Gasteiger charge is 2.14. The molecule has 0 atom stereocenters. The maximum absolute atomic E-state index is 12.8. The highest BCUT2D eigenvalue weighted by atomic mass is 32.1. The van der Waals surface area contributed by atoms with Crippen LogP contribution in [0.4, 0.5) is 9.39 Å². The van der Waals surface area contributed by atoms with Crippen LogP contribution in [0.25, 0.3) is 10.1 Å². The van der Waals surface area contributed by atoms with Crippen LogP contribution in [-0.2, 0) is 0 Å². The molecule has 0 aliphatic carbocycles. The molecule has 72 valence electrons. The first-order valence-electron chi connectivity index (χ1n) is 3.64. The summed E-state index contributed by atoms with van der Waals surface area (Å²) in [5, 5.41) is 19.9. The van der Waals surface area contributed by atoms with E-state index in [1.54, 1.807) is 0 Å². The van der Waals surface area contributed by atoms with Gasteiger partial charge < -0.3 is 5.11 Å². The summed E-state index contributed by atoms with van der Waals surface area (Å²) in [5.41, 5.74) is 0. The molecule has 0 bridgehead atoms. The van der Waals surface area contributed by atoms with Gasteiger partial charge in [0, 0.05) is 17.5 Å². The lowest BCUT2D eigenvalue weighted by atomic mass is 10.2. The third-order valence-corrected chi connectivity index (χ3v) is 2.85. The number of benzene rings is 1. The predicted molar refractivity (Wildman–Crippen MR) is 50.1 cm³/mol. The Labute approximate surface area is 81.4 Å². The van der Waals surface area contributed by atoms with E-state index in [-0.39, 0.29) is 10.8 Å². The molecule has 0 unspecified atom stereocenters. The van der Waals surface area contributed by atoms with E-state index in [1.165, 1.54) is 6.07 Å². The number of phenolic OH excluding ortho intramolecular Hbond substituents is 1. The first kappa shape index (κ1) is 8.89. The van der Waals surface area contributed by atoms with Gasteiger partial charge in [-0.3, -0.25) is 10.1 Å². The molecule has 0 spiro atoms. The minimum absolute atomic E-state index is 0.110. The number of hydrogen-bond donors (Lipinski definition) is 1. The number of aromatic hydroxyl groups is 1. The van der Waals surface area contributed by atoms with E-state index >= 15 is 0 Å². The van der Waals surface area contributed by atoms with Crippen LogP contribution < -0.4 is 0 Å². The lowest BCUT2D eigenvalue weighted by Crippen LogP contribution is -1.80. The standard InChI is InChI=1S/C8H4FNO3S/c9-5-1-4-2-7(10(12)13)14-8(4)6(11)3-5/h1-3,11H. The third-order valence-electron chi connectivity index (χ3n) is 1.73. The summed E-state index contributed by atoms with van der Waals surface area (Å²) < 4.78 is 13.1. The summed E-state index contributed by atoms with van der Waals surface area (Å²) >= 11 is 0.825. The molecular formula is C8H4FNO3S. The largest absolute Gasteiger partial charge is 0.506 e. The Bertz CT molecular complexity index is 523. The third kappa shape index (κ3) is 1.29. The topological polar surface area (TPSA) is 63.4 Å². The van der Waals surface area contributed by atoms with Gasteiger partial charge in [0.05, 0.1) is 9.62 Å². The first-order chi connectivity index (χ1) is 6.58. The number of halogens is 1. The van der Waals surface area contributed by atoms with Crippen LogP contribution in [0.15, 0.2) is 18.2 Å². The van der Waals surface area contributed by atoms with Gasteiger partial charge in [-0.1, -0.05) is 11.3 Å². The van der Waals surface area contributed by atoms with E-state index in [9.17, 15) is 19.6 Å². The highest BCUT2D eigenvalue weighted by Crippen LogP contribution is 2.37. The SMILES string of the molecule is O=[N+]([O-])c1cc2cc(F)cc(O)c2s1. The molecule has 0 fully saturated rings. The zero-order valence-electron chi connectivity index (χ0n) is 6.73. The maximum Gasteiger partial charge on any atom is 0.325 e. The number of nitrogens with zero attached hydrogens (tertiary/aromatic N) is 1. The van der Waals surface area contributed by atoms with Crippen LogP contribution in [0.2, 0.25) is 0 Å². The average molecular weight is 213 g/mol. The van der Waals surface area contributed by atoms with Crippen molar-refractivity contribution in [2.75, 3.05) is 0 Å². The fraction of sp³-hybridized carbons (Fsp3) is 0. The molecule has 2 rings (SSSR count). The fourth-order valence-electron chi connectivity index (χ4n) is 1.18. The molecule has 1 aromatic carbocycles. The molecule has 14 heavy (non-hydrogen) atoms. The summed E-state index contributed by atoms with van der Waals surface area (Å²) in [7, 11) is 0. The highest BCUT2D eigenvalue weighted by molar-refractivity contribution is 7.22. The summed E-state index contributed by atoms with van der Waals surface area (Å²) in [6.07, 6.45) is 0. The second-order valence-corrected chi connectivity index (χ2v) is 3.72. The number of nitro groups is 1. The van der Waals surface area contributed by atoms with Crippen LogP contribution in [0.3, 0.4) is 0 Å². The average Bonchev–Trinajstić information content (AvgIpc) is 2.47.